The van der Waals surface area contributed by atoms with Crippen molar-refractivity contribution in [2.75, 3.05) is 0 Å². The Hall–Kier alpha value is -2.77. The molecular formula is C19H17ClN2O4S. The monoisotopic (exact) mass is 404 g/mol. The molecule has 27 heavy (non-hydrogen) atoms. The van der Waals surface area contributed by atoms with E-state index in [2.05, 4.69) is 9.93 Å². The van der Waals surface area contributed by atoms with Gasteiger partial charge in [0.2, 0.25) is 0 Å². The van der Waals surface area contributed by atoms with Crippen LogP contribution in [-0.4, -0.2) is 14.6 Å². The summed E-state index contributed by atoms with van der Waals surface area (Å²) in [5, 5.41) is 4.25. The average Bonchev–Trinajstić information content (AvgIpc) is 3.09. The fraction of sp³-hybridized carbons (Fsp3) is 0.105. The molecule has 0 atom stereocenters. The van der Waals surface area contributed by atoms with Crippen LogP contribution in [0.1, 0.15) is 17.1 Å². The number of hydrogen-bond acceptors (Lipinski definition) is 5. The molecule has 3 rings (SSSR count). The zero-order chi connectivity index (χ0) is 19.3. The maximum Gasteiger partial charge on any atom is 0.276 e. The van der Waals surface area contributed by atoms with E-state index in [1.807, 2.05) is 19.1 Å². The van der Waals surface area contributed by atoms with E-state index < -0.39 is 10.0 Å². The molecule has 0 saturated heterocycles. The van der Waals surface area contributed by atoms with Gasteiger partial charge in [0.1, 0.15) is 23.9 Å². The van der Waals surface area contributed by atoms with Gasteiger partial charge < -0.3 is 9.15 Å². The molecular weight excluding hydrogens is 388 g/mol. The largest absolute Gasteiger partial charge is 0.484 e. The van der Waals surface area contributed by atoms with Gasteiger partial charge in [-0.3, -0.25) is 0 Å². The lowest BCUT2D eigenvalue weighted by atomic mass is 10.2. The molecule has 2 aromatic carbocycles. The van der Waals surface area contributed by atoms with Crippen molar-refractivity contribution < 1.29 is 17.6 Å². The lowest BCUT2D eigenvalue weighted by Crippen LogP contribution is -2.18. The maximum atomic E-state index is 12.1. The highest BCUT2D eigenvalue weighted by Crippen LogP contribution is 2.24. The number of ether oxygens (including phenoxy) is 1. The first kappa shape index (κ1) is 19.0. The van der Waals surface area contributed by atoms with Gasteiger partial charge in [0.15, 0.2) is 0 Å². The molecule has 0 spiro atoms. The SMILES string of the molecule is Cc1ccc(S(=O)(=O)N/N=C/c2ccc(COc3ccccc3Cl)o2)cc1. The lowest BCUT2D eigenvalue weighted by molar-refractivity contribution is 0.270. The fourth-order valence-corrected chi connectivity index (χ4v) is 3.16. The summed E-state index contributed by atoms with van der Waals surface area (Å²) in [5.41, 5.74) is 0.972. The minimum atomic E-state index is -3.72. The van der Waals surface area contributed by atoms with Crippen molar-refractivity contribution in [3.05, 3.63) is 82.8 Å². The van der Waals surface area contributed by atoms with Gasteiger partial charge in [-0.2, -0.15) is 18.4 Å². The van der Waals surface area contributed by atoms with Crippen LogP contribution in [0.3, 0.4) is 0 Å². The normalized spacial score (nSPS) is 11.6. The number of para-hydroxylation sites is 1. The summed E-state index contributed by atoms with van der Waals surface area (Å²) in [6.07, 6.45) is 1.28. The number of aryl methyl sites for hydroxylation is 1. The zero-order valence-corrected chi connectivity index (χ0v) is 16.0. The quantitative estimate of drug-likeness (QED) is 0.474. The number of rotatable bonds is 7. The van der Waals surface area contributed by atoms with Crippen molar-refractivity contribution >= 4 is 27.8 Å². The van der Waals surface area contributed by atoms with Crippen molar-refractivity contribution in [2.45, 2.75) is 18.4 Å². The molecule has 1 heterocycles. The van der Waals surface area contributed by atoms with Crippen LogP contribution < -0.4 is 9.57 Å². The third-order valence-electron chi connectivity index (χ3n) is 3.58. The molecule has 140 valence electrons. The minimum Gasteiger partial charge on any atom is -0.484 e. The summed E-state index contributed by atoms with van der Waals surface area (Å²) in [4.78, 5) is 2.29. The van der Waals surface area contributed by atoms with Gasteiger partial charge in [-0.15, -0.1) is 0 Å². The third-order valence-corrected chi connectivity index (χ3v) is 5.14. The van der Waals surface area contributed by atoms with Crippen LogP contribution in [0.2, 0.25) is 5.02 Å². The molecule has 0 bridgehead atoms. The van der Waals surface area contributed by atoms with Crippen molar-refractivity contribution in [1.29, 1.82) is 0 Å². The van der Waals surface area contributed by atoms with Gasteiger partial charge in [-0.05, 0) is 43.3 Å². The van der Waals surface area contributed by atoms with E-state index in [-0.39, 0.29) is 11.5 Å². The predicted octanol–water partition coefficient (Wildman–Crippen LogP) is 4.13. The van der Waals surface area contributed by atoms with Gasteiger partial charge in [-0.25, -0.2) is 0 Å². The van der Waals surface area contributed by atoms with Crippen molar-refractivity contribution in [1.82, 2.24) is 4.83 Å². The Kier molecular flexibility index (Phi) is 5.83. The Bertz CT molecular complexity index is 1040. The van der Waals surface area contributed by atoms with E-state index >= 15 is 0 Å². The van der Waals surface area contributed by atoms with Crippen LogP contribution >= 0.6 is 11.6 Å². The summed E-state index contributed by atoms with van der Waals surface area (Å²) in [6.45, 7) is 2.07. The molecule has 1 N–H and O–H groups in total. The number of halogens is 1. The van der Waals surface area contributed by atoms with Crippen molar-refractivity contribution in [2.24, 2.45) is 5.10 Å². The third kappa shape index (κ3) is 5.12. The Balaban J connectivity index is 1.58. The van der Waals surface area contributed by atoms with E-state index in [4.69, 9.17) is 20.8 Å². The van der Waals surface area contributed by atoms with E-state index in [9.17, 15) is 8.42 Å². The van der Waals surface area contributed by atoms with Crippen LogP contribution in [0.15, 0.2) is 75.1 Å². The Labute approximate surface area is 162 Å². The molecule has 0 fully saturated rings. The minimum absolute atomic E-state index is 0.138. The lowest BCUT2D eigenvalue weighted by Gasteiger charge is -2.05. The second-order valence-electron chi connectivity index (χ2n) is 5.69. The number of hydrazone groups is 1. The summed E-state index contributed by atoms with van der Waals surface area (Å²) in [6, 6.07) is 17.0. The molecule has 8 heteroatoms. The number of sulfonamides is 1. The van der Waals surface area contributed by atoms with Crippen LogP contribution in [-0.2, 0) is 16.6 Å². The average molecular weight is 405 g/mol. The zero-order valence-electron chi connectivity index (χ0n) is 14.4. The molecule has 0 aliphatic heterocycles. The molecule has 0 radical (unpaired) electrons. The van der Waals surface area contributed by atoms with E-state index in [0.717, 1.165) is 5.56 Å². The van der Waals surface area contributed by atoms with Crippen molar-refractivity contribution in [3.63, 3.8) is 0 Å². The molecule has 6 nitrogen and oxygen atoms in total. The Morgan fingerprint density at radius 3 is 2.59 bits per heavy atom. The second kappa shape index (κ2) is 8.28. The highest BCUT2D eigenvalue weighted by atomic mass is 35.5. The fourth-order valence-electron chi connectivity index (χ4n) is 2.18. The smallest absolute Gasteiger partial charge is 0.276 e. The summed E-state index contributed by atoms with van der Waals surface area (Å²) in [7, 11) is -3.72. The first-order valence-corrected chi connectivity index (χ1v) is 9.88. The number of nitrogens with one attached hydrogen (secondary N) is 1. The highest BCUT2D eigenvalue weighted by molar-refractivity contribution is 7.89. The summed E-state index contributed by atoms with van der Waals surface area (Å²) < 4.78 is 35.4. The summed E-state index contributed by atoms with van der Waals surface area (Å²) >= 11 is 6.02. The number of hydrogen-bond donors (Lipinski definition) is 1. The van der Waals surface area contributed by atoms with Crippen molar-refractivity contribution in [3.8, 4) is 5.75 Å². The molecule has 0 aliphatic rings. The second-order valence-corrected chi connectivity index (χ2v) is 7.76. The van der Waals surface area contributed by atoms with Gasteiger partial charge in [0.25, 0.3) is 10.0 Å². The molecule has 0 aliphatic carbocycles. The number of benzene rings is 2. The number of nitrogens with zero attached hydrogens (tertiary/aromatic N) is 1. The highest BCUT2D eigenvalue weighted by Gasteiger charge is 2.12. The standard InChI is InChI=1S/C19H17ClN2O4S/c1-14-6-10-17(11-7-14)27(23,24)22-21-12-15-8-9-16(26-15)13-25-19-5-3-2-4-18(19)20/h2-12,22H,13H2,1H3/b21-12+. The molecule has 3 aromatic rings. The van der Waals surface area contributed by atoms with Crippen LogP contribution in [0, 0.1) is 6.92 Å². The molecule has 0 saturated carbocycles. The molecule has 1 aromatic heterocycles. The van der Waals surface area contributed by atoms with Gasteiger partial charge >= 0.3 is 0 Å². The van der Waals surface area contributed by atoms with Gasteiger partial charge in [-0.1, -0.05) is 41.4 Å². The van der Waals surface area contributed by atoms with E-state index in [1.165, 1.54) is 18.3 Å². The van der Waals surface area contributed by atoms with Gasteiger partial charge in [0.05, 0.1) is 16.1 Å². The van der Waals surface area contributed by atoms with Gasteiger partial charge in [0, 0.05) is 0 Å². The number of furan rings is 1. The topological polar surface area (TPSA) is 80.9 Å². The predicted molar refractivity (Wildman–Crippen MR) is 104 cm³/mol. The maximum absolute atomic E-state index is 12.1. The Morgan fingerprint density at radius 1 is 1.11 bits per heavy atom. The molecule has 0 amide bonds. The van der Waals surface area contributed by atoms with Crippen LogP contribution in [0.5, 0.6) is 5.75 Å². The van der Waals surface area contributed by atoms with E-state index in [1.54, 1.807) is 36.4 Å². The molecule has 0 unspecified atom stereocenters. The van der Waals surface area contributed by atoms with E-state index in [0.29, 0.717) is 22.3 Å². The first-order valence-electron chi connectivity index (χ1n) is 8.02. The van der Waals surface area contributed by atoms with Crippen LogP contribution in [0.4, 0.5) is 0 Å². The summed E-state index contributed by atoms with van der Waals surface area (Å²) in [5.74, 6) is 1.49. The first-order chi connectivity index (χ1) is 12.9. The van der Waals surface area contributed by atoms with Crippen LogP contribution in [0.25, 0.3) is 0 Å². The Morgan fingerprint density at radius 2 is 1.85 bits per heavy atom.